The van der Waals surface area contributed by atoms with E-state index in [1.54, 1.807) is 6.07 Å². The van der Waals surface area contributed by atoms with Crippen LogP contribution in [0.1, 0.15) is 39.4 Å². The predicted octanol–water partition coefficient (Wildman–Crippen LogP) is 3.52. The number of carbonyl (C=O) groups is 1. The number of carbonyl (C=O) groups excluding carboxylic acids is 1. The Morgan fingerprint density at radius 1 is 1.41 bits per heavy atom. The number of likely N-dealkylation sites (tertiary alicyclic amines) is 1. The number of amides is 1. The number of fused-ring (bicyclic) bond motifs is 1. The highest BCUT2D eigenvalue weighted by Gasteiger charge is 2.52. The van der Waals surface area contributed by atoms with Gasteiger partial charge in [-0.3, -0.25) is 9.69 Å². The molecule has 1 amide bonds. The summed E-state index contributed by atoms with van der Waals surface area (Å²) in [5.41, 5.74) is 1.09. The molecule has 7 heteroatoms. The van der Waals surface area contributed by atoms with E-state index in [1.807, 2.05) is 20.8 Å². The molecule has 5 nitrogen and oxygen atoms in total. The first kappa shape index (κ1) is 18.7. The number of hydrogen-bond donors (Lipinski definition) is 2. The summed E-state index contributed by atoms with van der Waals surface area (Å²) in [5, 5.41) is 3.51. The van der Waals surface area contributed by atoms with Gasteiger partial charge in [0.05, 0.1) is 17.1 Å². The third kappa shape index (κ3) is 3.83. The molecule has 1 aromatic heterocycles. The molecule has 1 aromatic carbocycles. The number of imidazole rings is 1. The van der Waals surface area contributed by atoms with Crippen molar-refractivity contribution in [2.75, 3.05) is 19.6 Å². The van der Waals surface area contributed by atoms with Gasteiger partial charge in [0.25, 0.3) is 0 Å². The number of aromatic amines is 1. The van der Waals surface area contributed by atoms with E-state index in [2.05, 4.69) is 20.2 Å². The van der Waals surface area contributed by atoms with Crippen molar-refractivity contribution >= 4 is 28.5 Å². The zero-order chi connectivity index (χ0) is 19.4. The van der Waals surface area contributed by atoms with Gasteiger partial charge in [-0.1, -0.05) is 11.6 Å². The summed E-state index contributed by atoms with van der Waals surface area (Å²) in [6.07, 6.45) is 3.09. The maximum absolute atomic E-state index is 13.9. The second-order valence-corrected chi connectivity index (χ2v) is 9.77. The van der Waals surface area contributed by atoms with Crippen LogP contribution in [-0.4, -0.2) is 45.9 Å². The highest BCUT2D eigenvalue weighted by Crippen LogP contribution is 2.52. The van der Waals surface area contributed by atoms with Gasteiger partial charge >= 0.3 is 0 Å². The van der Waals surface area contributed by atoms with Crippen LogP contribution in [0.5, 0.6) is 0 Å². The molecule has 2 N–H and O–H groups in total. The molecular formula is C20H26ClFN4O. The molecule has 1 aliphatic carbocycles. The minimum Gasteiger partial charge on any atom is -0.350 e. The molecule has 0 radical (unpaired) electrons. The molecule has 27 heavy (non-hydrogen) atoms. The van der Waals surface area contributed by atoms with E-state index in [-0.39, 0.29) is 17.3 Å². The summed E-state index contributed by atoms with van der Waals surface area (Å²) in [6, 6.07) is 2.91. The Morgan fingerprint density at radius 2 is 2.11 bits per heavy atom. The number of halogens is 2. The van der Waals surface area contributed by atoms with E-state index in [0.717, 1.165) is 38.2 Å². The van der Waals surface area contributed by atoms with Gasteiger partial charge in [0, 0.05) is 25.0 Å². The van der Waals surface area contributed by atoms with Crippen molar-refractivity contribution in [1.82, 2.24) is 20.2 Å². The van der Waals surface area contributed by atoms with Crippen molar-refractivity contribution < 1.29 is 9.18 Å². The monoisotopic (exact) mass is 392 g/mol. The Hall–Kier alpha value is -1.66. The molecule has 1 spiro atoms. The fraction of sp³-hybridized carbons (Fsp3) is 0.600. The smallest absolute Gasteiger partial charge is 0.234 e. The zero-order valence-corrected chi connectivity index (χ0v) is 16.8. The zero-order valence-electron chi connectivity index (χ0n) is 16.0. The average molecular weight is 393 g/mol. The Morgan fingerprint density at radius 3 is 2.74 bits per heavy atom. The number of rotatable bonds is 4. The Balaban J connectivity index is 1.27. The number of hydrogen-bond acceptors (Lipinski definition) is 3. The molecule has 0 bridgehead atoms. The van der Waals surface area contributed by atoms with Crippen LogP contribution in [-0.2, 0) is 11.2 Å². The number of aromatic nitrogens is 2. The normalized spacial score (nSPS) is 19.9. The largest absolute Gasteiger partial charge is 0.350 e. The van der Waals surface area contributed by atoms with Crippen molar-refractivity contribution in [3.63, 3.8) is 0 Å². The third-order valence-electron chi connectivity index (χ3n) is 5.52. The van der Waals surface area contributed by atoms with E-state index >= 15 is 0 Å². The number of nitrogens with zero attached hydrogens (tertiary/aromatic N) is 2. The van der Waals surface area contributed by atoms with Gasteiger partial charge in [0.2, 0.25) is 5.91 Å². The second kappa shape index (κ2) is 6.45. The van der Waals surface area contributed by atoms with Crippen molar-refractivity contribution in [2.24, 2.45) is 11.3 Å². The lowest BCUT2D eigenvalue weighted by Crippen LogP contribution is -2.64. The molecule has 0 unspecified atom stereocenters. The predicted molar refractivity (Wildman–Crippen MR) is 104 cm³/mol. The summed E-state index contributed by atoms with van der Waals surface area (Å²) >= 11 is 6.13. The lowest BCUT2D eigenvalue weighted by Gasteiger charge is -2.59. The Bertz CT molecular complexity index is 835. The summed E-state index contributed by atoms with van der Waals surface area (Å²) in [7, 11) is 0. The Labute approximate surface area is 163 Å². The van der Waals surface area contributed by atoms with Crippen LogP contribution in [0.4, 0.5) is 4.39 Å². The van der Waals surface area contributed by atoms with E-state index < -0.39 is 0 Å². The minimum atomic E-state index is -0.342. The average Bonchev–Trinajstić information content (AvgIpc) is 2.90. The molecule has 2 aromatic rings. The first-order chi connectivity index (χ1) is 12.6. The van der Waals surface area contributed by atoms with Crippen LogP contribution in [0.25, 0.3) is 11.0 Å². The number of benzene rings is 1. The second-order valence-electron chi connectivity index (χ2n) is 9.36. The molecule has 2 fully saturated rings. The van der Waals surface area contributed by atoms with E-state index in [9.17, 15) is 9.18 Å². The van der Waals surface area contributed by atoms with Crippen LogP contribution in [0, 0.1) is 17.2 Å². The summed E-state index contributed by atoms with van der Waals surface area (Å²) in [5.74, 6) is 1.11. The summed E-state index contributed by atoms with van der Waals surface area (Å²) in [4.78, 5) is 21.8. The van der Waals surface area contributed by atoms with Gasteiger partial charge in [-0.15, -0.1) is 0 Å². The van der Waals surface area contributed by atoms with Gasteiger partial charge in [0.15, 0.2) is 5.82 Å². The third-order valence-corrected chi connectivity index (χ3v) is 5.83. The topological polar surface area (TPSA) is 61.0 Å². The summed E-state index contributed by atoms with van der Waals surface area (Å²) in [6.45, 7) is 8.44. The molecule has 146 valence electrons. The van der Waals surface area contributed by atoms with Crippen LogP contribution < -0.4 is 5.32 Å². The maximum atomic E-state index is 13.9. The summed E-state index contributed by atoms with van der Waals surface area (Å²) < 4.78 is 13.9. The minimum absolute atomic E-state index is 0.0920. The molecule has 2 aliphatic rings. The highest BCUT2D eigenvalue weighted by atomic mass is 35.5. The fourth-order valence-electron chi connectivity index (χ4n) is 4.69. The van der Waals surface area contributed by atoms with Gasteiger partial charge in [-0.2, -0.15) is 0 Å². The number of H-pyrrole nitrogens is 1. The first-order valence-electron chi connectivity index (χ1n) is 9.48. The van der Waals surface area contributed by atoms with Crippen LogP contribution >= 0.6 is 11.6 Å². The quantitative estimate of drug-likeness (QED) is 0.836. The van der Waals surface area contributed by atoms with Crippen LogP contribution in [0.2, 0.25) is 5.02 Å². The van der Waals surface area contributed by atoms with Crippen molar-refractivity contribution in [2.45, 2.75) is 45.6 Å². The van der Waals surface area contributed by atoms with E-state index in [1.165, 1.54) is 6.07 Å². The molecule has 2 heterocycles. The molecule has 1 aliphatic heterocycles. The molecule has 0 atom stereocenters. The fourth-order valence-corrected chi connectivity index (χ4v) is 4.89. The van der Waals surface area contributed by atoms with Crippen molar-refractivity contribution in [1.29, 1.82) is 0 Å². The number of nitrogens with one attached hydrogen (secondary N) is 2. The van der Waals surface area contributed by atoms with Crippen LogP contribution in [0.3, 0.4) is 0 Å². The van der Waals surface area contributed by atoms with Crippen LogP contribution in [0.15, 0.2) is 12.1 Å². The van der Waals surface area contributed by atoms with Gasteiger partial charge < -0.3 is 10.3 Å². The lowest BCUT2D eigenvalue weighted by atomic mass is 9.57. The molecule has 1 saturated heterocycles. The van der Waals surface area contributed by atoms with Crippen molar-refractivity contribution in [3.05, 3.63) is 28.8 Å². The van der Waals surface area contributed by atoms with E-state index in [0.29, 0.717) is 33.9 Å². The first-order valence-corrected chi connectivity index (χ1v) is 9.86. The van der Waals surface area contributed by atoms with Gasteiger partial charge in [0.1, 0.15) is 11.3 Å². The van der Waals surface area contributed by atoms with E-state index in [4.69, 9.17) is 11.6 Å². The van der Waals surface area contributed by atoms with Gasteiger partial charge in [-0.25, -0.2) is 9.37 Å². The lowest BCUT2D eigenvalue weighted by molar-refractivity contribution is -0.133. The SMILES string of the molecule is CC(C)(C)NC(=O)CN1CC2(CC(Cc3nc4c(F)ccc(Cl)c4[nH]3)C2)C1. The highest BCUT2D eigenvalue weighted by molar-refractivity contribution is 6.34. The maximum Gasteiger partial charge on any atom is 0.234 e. The molecular weight excluding hydrogens is 367 g/mol. The van der Waals surface area contributed by atoms with Gasteiger partial charge in [-0.05, 0) is 57.1 Å². The Kier molecular flexibility index (Phi) is 4.47. The molecule has 1 saturated carbocycles. The standard InChI is InChI=1S/C20H26ClFN4O/c1-19(2,3)25-16(27)9-26-10-20(11-26)7-12(8-20)6-15-23-17-13(21)4-5-14(22)18(17)24-15/h4-5,12H,6-11H2,1-3H3,(H,23,24)(H,25,27). The van der Waals surface area contributed by atoms with Crippen molar-refractivity contribution in [3.8, 4) is 0 Å². The molecule has 4 rings (SSSR count).